The van der Waals surface area contributed by atoms with Crippen molar-refractivity contribution in [1.29, 1.82) is 0 Å². The van der Waals surface area contributed by atoms with Gasteiger partial charge in [-0.2, -0.15) is 0 Å². The lowest BCUT2D eigenvalue weighted by Gasteiger charge is -2.36. The third kappa shape index (κ3) is 9.30. The highest BCUT2D eigenvalue weighted by molar-refractivity contribution is 5.95. The molecular weight excluding hydrogens is 749 g/mol. The Bertz CT molecular complexity index is 2380. The second kappa shape index (κ2) is 20.1. The average Bonchev–Trinajstić information content (AvgIpc) is 3.89. The highest BCUT2D eigenvalue weighted by atomic mass is 16.5. The van der Waals surface area contributed by atoms with Crippen LogP contribution in [0.1, 0.15) is 98.9 Å². The molecule has 3 aromatic heterocycles. The van der Waals surface area contributed by atoms with Crippen molar-refractivity contribution >= 4 is 69.2 Å². The van der Waals surface area contributed by atoms with Crippen LogP contribution in [0.5, 0.6) is 0 Å². The lowest BCUT2D eigenvalue weighted by Crippen LogP contribution is -2.39. The summed E-state index contributed by atoms with van der Waals surface area (Å²) in [5.41, 5.74) is 18.5. The molecule has 0 saturated carbocycles. The number of fused-ring (bicyclic) bond motifs is 11. The second-order valence-electron chi connectivity index (χ2n) is 14.4. The second-order valence-corrected chi connectivity index (χ2v) is 14.4. The normalized spacial score (nSPS) is 16.5. The Morgan fingerprint density at radius 1 is 0.864 bits per heavy atom. The third-order valence-corrected chi connectivity index (χ3v) is 11.1. The molecular formula is C46H58N6O7. The lowest BCUT2D eigenvalue weighted by atomic mass is 9.64. The van der Waals surface area contributed by atoms with Crippen LogP contribution in [-0.2, 0) is 45.2 Å². The summed E-state index contributed by atoms with van der Waals surface area (Å²) in [5, 5.41) is 2.87. The summed E-state index contributed by atoms with van der Waals surface area (Å²) in [6, 6.07) is 8.06. The average molecular weight is 807 g/mol. The predicted octanol–water partition coefficient (Wildman–Crippen LogP) is 7.37. The van der Waals surface area contributed by atoms with Gasteiger partial charge in [-0.05, 0) is 105 Å². The third-order valence-electron chi connectivity index (χ3n) is 11.1. The number of aromatic amines is 2. The maximum absolute atomic E-state index is 13.5. The molecule has 13 nitrogen and oxygen atoms in total. The molecule has 0 fully saturated rings. The standard InChI is InChI=1S/C42H48N6O5.C2H4O2.C2H6/c1-9-26-23(3)31-19-36-29-13-10-22(2)40(41(51)53-8)42(29,6)37(48-36)21-32-25(5)28(12-15-39(50)52-7)35(47-32)20-34-27(11-14-38(49)44-17-16-43)24(4)30(46-34)18-33(26)45-31;1-4-2-3;1-2/h9-10,13,18-21,40,45,47H,1,11-12,14-17,43H2,2-8H3,(H,44,49);2H,1H3;1-2H3. The number of aromatic nitrogens is 4. The van der Waals surface area contributed by atoms with Crippen LogP contribution in [0.25, 0.3) is 44.9 Å². The smallest absolute Gasteiger partial charge is 0.314 e. The molecule has 1 aliphatic carbocycles. The van der Waals surface area contributed by atoms with Crippen LogP contribution in [-0.4, -0.2) is 78.7 Å². The molecule has 59 heavy (non-hydrogen) atoms. The zero-order chi connectivity index (χ0) is 43.6. The van der Waals surface area contributed by atoms with E-state index in [-0.39, 0.29) is 30.7 Å². The molecule has 6 rings (SSSR count). The predicted molar refractivity (Wildman–Crippen MR) is 234 cm³/mol. The number of aryl methyl sites for hydroxylation is 3. The van der Waals surface area contributed by atoms with E-state index in [2.05, 4.69) is 39.6 Å². The number of carbonyl (C=O) groups excluding carboxylic acids is 4. The summed E-state index contributed by atoms with van der Waals surface area (Å²) in [6.07, 6.45) is 7.20. The van der Waals surface area contributed by atoms with Crippen molar-refractivity contribution in [3.63, 3.8) is 0 Å². The van der Waals surface area contributed by atoms with Crippen molar-refractivity contribution in [2.75, 3.05) is 34.4 Å². The number of ether oxygens (including phenoxy) is 3. The number of esters is 2. The number of hydrogen-bond donors (Lipinski definition) is 4. The van der Waals surface area contributed by atoms with Crippen LogP contribution in [0, 0.1) is 19.8 Å². The number of allylic oxidation sites excluding steroid dienone is 5. The molecule has 2 atom stereocenters. The van der Waals surface area contributed by atoms with Crippen LogP contribution in [0.2, 0.25) is 0 Å². The minimum absolute atomic E-state index is 0.0836. The topological polar surface area (TPSA) is 191 Å². The molecule has 3 aliphatic rings. The van der Waals surface area contributed by atoms with Gasteiger partial charge in [0.1, 0.15) is 0 Å². The molecule has 0 aromatic carbocycles. The molecule has 5 N–H and O–H groups in total. The first-order valence-corrected chi connectivity index (χ1v) is 19.8. The van der Waals surface area contributed by atoms with E-state index in [4.69, 9.17) is 30.0 Å². The maximum Gasteiger partial charge on any atom is 0.314 e. The van der Waals surface area contributed by atoms with E-state index in [0.717, 1.165) is 83.7 Å². The van der Waals surface area contributed by atoms with Crippen molar-refractivity contribution in [3.8, 4) is 0 Å². The van der Waals surface area contributed by atoms with Crippen molar-refractivity contribution in [3.05, 3.63) is 93.6 Å². The molecule has 0 spiro atoms. The van der Waals surface area contributed by atoms with E-state index in [1.165, 1.54) is 21.3 Å². The molecule has 3 aromatic rings. The first-order valence-electron chi connectivity index (χ1n) is 19.8. The van der Waals surface area contributed by atoms with Crippen LogP contribution >= 0.6 is 0 Å². The van der Waals surface area contributed by atoms with Crippen LogP contribution < -0.4 is 11.1 Å². The van der Waals surface area contributed by atoms with Gasteiger partial charge >= 0.3 is 11.9 Å². The number of rotatable bonds is 11. The number of nitrogens with one attached hydrogen (secondary N) is 3. The Morgan fingerprint density at radius 2 is 1.51 bits per heavy atom. The van der Waals surface area contributed by atoms with Crippen molar-refractivity contribution in [2.45, 2.75) is 79.6 Å². The van der Waals surface area contributed by atoms with E-state index in [1.54, 1.807) is 0 Å². The number of carbonyl (C=O) groups is 4. The number of nitrogens with two attached hydrogens (primary N) is 1. The van der Waals surface area contributed by atoms with E-state index >= 15 is 0 Å². The first-order chi connectivity index (χ1) is 28.3. The summed E-state index contributed by atoms with van der Waals surface area (Å²) >= 11 is 0. The Kier molecular flexibility index (Phi) is 15.5. The summed E-state index contributed by atoms with van der Waals surface area (Å²) in [6.45, 7) is 19.4. The van der Waals surface area contributed by atoms with E-state index in [0.29, 0.717) is 38.1 Å². The minimum Gasteiger partial charge on any atom is -0.471 e. The SMILES string of the molecule is C=Cc1c(C)c2cc3nc(cc4[nH]c(cc5nc(cc1[nH]2)C(C)=C5CCC(=O)NCCN)c(CCC(=O)OC)c4C)C1(C)C3=CC=C(C)C1C(=O)OC.CC.COC=O. The molecule has 1 amide bonds. The molecule has 13 heteroatoms. The van der Waals surface area contributed by atoms with Crippen molar-refractivity contribution < 1.29 is 33.4 Å². The van der Waals surface area contributed by atoms with Crippen LogP contribution in [0.3, 0.4) is 0 Å². The van der Waals surface area contributed by atoms with Gasteiger partial charge in [0.25, 0.3) is 6.47 Å². The monoisotopic (exact) mass is 806 g/mol. The van der Waals surface area contributed by atoms with Gasteiger partial charge in [-0.1, -0.05) is 44.2 Å². The Hall–Kier alpha value is -6.08. The van der Waals surface area contributed by atoms with E-state index in [1.807, 2.05) is 78.0 Å². The summed E-state index contributed by atoms with van der Waals surface area (Å²) < 4.78 is 14.2. The quantitative estimate of drug-likeness (QED) is 0.0864. The van der Waals surface area contributed by atoms with Gasteiger partial charge in [0.2, 0.25) is 5.91 Å². The van der Waals surface area contributed by atoms with Gasteiger partial charge in [0.15, 0.2) is 0 Å². The zero-order valence-corrected chi connectivity index (χ0v) is 36.0. The van der Waals surface area contributed by atoms with Crippen LogP contribution in [0.15, 0.2) is 48.6 Å². The largest absolute Gasteiger partial charge is 0.471 e. The number of amides is 1. The summed E-state index contributed by atoms with van der Waals surface area (Å²) in [4.78, 5) is 65.3. The molecule has 314 valence electrons. The fourth-order valence-corrected chi connectivity index (χ4v) is 7.93. The van der Waals surface area contributed by atoms with Gasteiger partial charge in [-0.25, -0.2) is 4.98 Å². The van der Waals surface area contributed by atoms with Crippen molar-refractivity contribution in [1.82, 2.24) is 25.3 Å². The van der Waals surface area contributed by atoms with Gasteiger partial charge in [-0.3, -0.25) is 24.2 Å². The molecule has 5 heterocycles. The molecule has 0 radical (unpaired) electrons. The van der Waals surface area contributed by atoms with Gasteiger partial charge < -0.3 is 35.2 Å². The van der Waals surface area contributed by atoms with Gasteiger partial charge in [-0.15, -0.1) is 0 Å². The minimum atomic E-state index is -0.841. The lowest BCUT2D eigenvalue weighted by molar-refractivity contribution is -0.145. The first kappa shape index (κ1) is 45.6. The molecule has 0 saturated heterocycles. The number of H-pyrrole nitrogens is 2. The fourth-order valence-electron chi connectivity index (χ4n) is 7.93. The fraction of sp³-hybridized carbons (Fsp3) is 0.391. The van der Waals surface area contributed by atoms with E-state index in [9.17, 15) is 14.4 Å². The Balaban J connectivity index is 0.00000121. The number of nitrogens with zero attached hydrogens (tertiary/aromatic N) is 2. The van der Waals surface area contributed by atoms with Crippen LogP contribution in [0.4, 0.5) is 0 Å². The zero-order valence-electron chi connectivity index (χ0n) is 36.0. The highest BCUT2D eigenvalue weighted by Gasteiger charge is 2.51. The Morgan fingerprint density at radius 3 is 2.14 bits per heavy atom. The van der Waals surface area contributed by atoms with Gasteiger partial charge in [0.05, 0.1) is 55.4 Å². The molecule has 2 aliphatic heterocycles. The van der Waals surface area contributed by atoms with E-state index < -0.39 is 11.3 Å². The number of methoxy groups -OCH3 is 3. The number of hydrogen-bond acceptors (Lipinski definition) is 10. The van der Waals surface area contributed by atoms with Crippen molar-refractivity contribution in [2.24, 2.45) is 11.7 Å². The molecule has 8 bridgehead atoms. The maximum atomic E-state index is 13.5. The summed E-state index contributed by atoms with van der Waals surface area (Å²) in [5.74, 6) is -1.34. The Labute approximate surface area is 346 Å². The summed E-state index contributed by atoms with van der Waals surface area (Å²) in [7, 11) is 4.11. The highest BCUT2D eigenvalue weighted by Crippen LogP contribution is 2.52. The molecule has 2 unspecified atom stereocenters. The van der Waals surface area contributed by atoms with Gasteiger partial charge in [0, 0.05) is 53.6 Å².